The third-order valence-electron chi connectivity index (χ3n) is 4.58. The summed E-state index contributed by atoms with van der Waals surface area (Å²) in [5.74, 6) is -1.11. The summed E-state index contributed by atoms with van der Waals surface area (Å²) in [5.41, 5.74) is 16.8. The Labute approximate surface area is 186 Å². The number of nitrogens with zero attached hydrogens (tertiary/aromatic N) is 1. The molecule has 0 bridgehead atoms. The normalized spacial score (nSPS) is 11.2. The van der Waals surface area contributed by atoms with Gasteiger partial charge < -0.3 is 21.6 Å². The van der Waals surface area contributed by atoms with E-state index in [9.17, 15) is 9.59 Å². The highest BCUT2D eigenvalue weighted by atomic mass is 16.7. The van der Waals surface area contributed by atoms with Crippen LogP contribution in [0.3, 0.4) is 0 Å². The van der Waals surface area contributed by atoms with Crippen LogP contribution >= 0.6 is 0 Å². The van der Waals surface area contributed by atoms with Gasteiger partial charge in [0.15, 0.2) is 5.96 Å². The number of rotatable bonds is 8. The lowest BCUT2D eigenvalue weighted by Gasteiger charge is -2.18. The molecular weight excluding hydrogens is 406 g/mol. The molecule has 1 atom stereocenters. The number of nitrogens with one attached hydrogen (secondary N) is 2. The minimum Gasteiger partial charge on any atom is -0.370 e. The maximum Gasteiger partial charge on any atom is 0.354 e. The minimum absolute atomic E-state index is 0.0750. The van der Waals surface area contributed by atoms with E-state index in [4.69, 9.17) is 16.3 Å². The maximum absolute atomic E-state index is 12.8. The van der Waals surface area contributed by atoms with Crippen LogP contribution in [0.4, 0.5) is 11.4 Å². The fourth-order valence-corrected chi connectivity index (χ4v) is 2.92. The molecule has 0 radical (unpaired) electrons. The second-order valence-corrected chi connectivity index (χ2v) is 7.19. The first kappa shape index (κ1) is 22.4. The summed E-state index contributed by atoms with van der Waals surface area (Å²) in [6, 6.07) is 22.2. The Morgan fingerprint density at radius 2 is 1.59 bits per heavy atom. The van der Waals surface area contributed by atoms with Gasteiger partial charge in [-0.25, -0.2) is 15.3 Å². The molecule has 8 nitrogen and oxygen atoms in total. The zero-order valence-electron chi connectivity index (χ0n) is 17.6. The van der Waals surface area contributed by atoms with Gasteiger partial charge in [-0.3, -0.25) is 4.79 Å². The van der Waals surface area contributed by atoms with E-state index in [0.717, 1.165) is 11.1 Å². The summed E-state index contributed by atoms with van der Waals surface area (Å²) in [4.78, 5) is 34.7. The lowest BCUT2D eigenvalue weighted by atomic mass is 10.1. The minimum atomic E-state index is -0.903. The Balaban J connectivity index is 1.71. The van der Waals surface area contributed by atoms with Gasteiger partial charge >= 0.3 is 5.97 Å². The number of carbonyl (C=O) groups is 2. The van der Waals surface area contributed by atoms with E-state index in [1.54, 1.807) is 36.4 Å². The summed E-state index contributed by atoms with van der Waals surface area (Å²) in [7, 11) is 0. The highest BCUT2D eigenvalue weighted by Gasteiger charge is 2.24. The van der Waals surface area contributed by atoms with Gasteiger partial charge in [0.1, 0.15) is 6.04 Å². The molecule has 32 heavy (non-hydrogen) atoms. The number of aliphatic imine (C=N–C) groups is 1. The molecule has 3 aromatic rings. The molecule has 0 saturated heterocycles. The van der Waals surface area contributed by atoms with Crippen LogP contribution in [0.5, 0.6) is 0 Å². The first-order valence-electron chi connectivity index (χ1n) is 9.98. The summed E-state index contributed by atoms with van der Waals surface area (Å²) >= 11 is 0. The first-order valence-corrected chi connectivity index (χ1v) is 9.98. The lowest BCUT2D eigenvalue weighted by molar-refractivity contribution is -0.142. The predicted octanol–water partition coefficient (Wildman–Crippen LogP) is 2.81. The van der Waals surface area contributed by atoms with Crippen molar-refractivity contribution in [2.24, 2.45) is 16.5 Å². The van der Waals surface area contributed by atoms with Crippen molar-refractivity contribution >= 4 is 29.2 Å². The van der Waals surface area contributed by atoms with E-state index in [1.165, 1.54) is 0 Å². The average Bonchev–Trinajstić information content (AvgIpc) is 2.79. The van der Waals surface area contributed by atoms with Crippen LogP contribution in [-0.4, -0.2) is 23.9 Å². The number of aryl methyl sites for hydroxylation is 1. The van der Waals surface area contributed by atoms with E-state index in [0.29, 0.717) is 16.9 Å². The van der Waals surface area contributed by atoms with Gasteiger partial charge in [0.05, 0.1) is 11.4 Å². The highest BCUT2D eigenvalue weighted by Crippen LogP contribution is 2.14. The second-order valence-electron chi connectivity index (χ2n) is 7.19. The zero-order chi connectivity index (χ0) is 22.9. The fraction of sp³-hybridized carbons (Fsp3) is 0.125. The van der Waals surface area contributed by atoms with Crippen LogP contribution in [0.1, 0.15) is 21.5 Å². The van der Waals surface area contributed by atoms with E-state index in [2.05, 4.69) is 15.8 Å². The Kier molecular flexibility index (Phi) is 7.42. The molecule has 0 aliphatic heterocycles. The van der Waals surface area contributed by atoms with Crippen LogP contribution in [0, 0.1) is 6.92 Å². The van der Waals surface area contributed by atoms with Crippen molar-refractivity contribution in [3.8, 4) is 0 Å². The number of anilines is 1. The fourth-order valence-electron chi connectivity index (χ4n) is 2.92. The topological polar surface area (TPSA) is 132 Å². The molecule has 0 aliphatic carbocycles. The largest absolute Gasteiger partial charge is 0.370 e. The Hall–Kier alpha value is -4.33. The first-order chi connectivity index (χ1) is 15.4. The second kappa shape index (κ2) is 10.6. The molecule has 0 aromatic heterocycles. The molecule has 0 heterocycles. The number of benzene rings is 3. The van der Waals surface area contributed by atoms with Gasteiger partial charge in [-0.15, -0.1) is 0 Å². The van der Waals surface area contributed by atoms with E-state index in [1.807, 2.05) is 49.4 Å². The number of nitrogens with two attached hydrogens (primary N) is 2. The number of carbonyl (C=O) groups excluding carboxylic acids is 2. The van der Waals surface area contributed by atoms with Gasteiger partial charge in [-0.1, -0.05) is 48.0 Å². The number of hydrogen-bond acceptors (Lipinski definition) is 5. The van der Waals surface area contributed by atoms with Gasteiger partial charge in [0.2, 0.25) is 0 Å². The molecule has 3 aromatic carbocycles. The molecule has 6 N–H and O–H groups in total. The Morgan fingerprint density at radius 3 is 2.22 bits per heavy atom. The van der Waals surface area contributed by atoms with Crippen LogP contribution in [-0.2, 0) is 16.1 Å². The van der Waals surface area contributed by atoms with E-state index < -0.39 is 17.9 Å². The zero-order valence-corrected chi connectivity index (χ0v) is 17.6. The van der Waals surface area contributed by atoms with Crippen LogP contribution in [0.15, 0.2) is 83.9 Å². The van der Waals surface area contributed by atoms with Gasteiger partial charge in [0.25, 0.3) is 5.91 Å². The number of hydrogen-bond donors (Lipinski definition) is 4. The Bertz CT molecular complexity index is 1080. The van der Waals surface area contributed by atoms with Crippen molar-refractivity contribution in [3.05, 3.63) is 95.6 Å². The molecule has 0 unspecified atom stereocenters. The van der Waals surface area contributed by atoms with Gasteiger partial charge in [0, 0.05) is 12.0 Å². The van der Waals surface area contributed by atoms with Crippen molar-refractivity contribution in [2.75, 3.05) is 5.48 Å². The van der Waals surface area contributed by atoms with Crippen molar-refractivity contribution < 1.29 is 14.4 Å². The molecule has 0 saturated carbocycles. The standard InChI is InChI=1S/C24H25N5O3/c1-16-7-11-20(12-8-16)29-32-23(31)21(15-17-5-3-2-4-6-17)28-22(30)18-9-13-19(14-10-18)27-24(25)26/h2-14,21,29H,15H2,1H3,(H,28,30)(H4,25,26,27)/t21-/m0/s1. The van der Waals surface area contributed by atoms with Gasteiger partial charge in [-0.2, -0.15) is 0 Å². The Morgan fingerprint density at radius 1 is 0.938 bits per heavy atom. The molecule has 0 fully saturated rings. The predicted molar refractivity (Wildman–Crippen MR) is 124 cm³/mol. The third kappa shape index (κ3) is 6.60. The lowest BCUT2D eigenvalue weighted by Crippen LogP contribution is -2.44. The summed E-state index contributed by atoms with van der Waals surface area (Å²) in [6.07, 6.45) is 0.271. The molecule has 8 heteroatoms. The molecule has 3 rings (SSSR count). The molecule has 0 aliphatic rings. The van der Waals surface area contributed by atoms with Crippen molar-refractivity contribution in [3.63, 3.8) is 0 Å². The van der Waals surface area contributed by atoms with Crippen LogP contribution in [0.25, 0.3) is 0 Å². The smallest absolute Gasteiger partial charge is 0.354 e. The molecular formula is C24H25N5O3. The van der Waals surface area contributed by atoms with Crippen molar-refractivity contribution in [1.29, 1.82) is 0 Å². The molecule has 1 amide bonds. The van der Waals surface area contributed by atoms with Crippen LogP contribution in [0.2, 0.25) is 0 Å². The highest BCUT2D eigenvalue weighted by molar-refractivity contribution is 5.97. The quantitative estimate of drug-likeness (QED) is 0.246. The molecule has 164 valence electrons. The summed E-state index contributed by atoms with van der Waals surface area (Å²) in [6.45, 7) is 1.96. The number of guanidine groups is 1. The monoisotopic (exact) mass is 431 g/mol. The SMILES string of the molecule is Cc1ccc(NOC(=O)[C@H](Cc2ccccc2)NC(=O)c2ccc(N=C(N)N)cc2)cc1. The van der Waals surface area contributed by atoms with Crippen molar-refractivity contribution in [2.45, 2.75) is 19.4 Å². The van der Waals surface area contributed by atoms with Crippen LogP contribution < -0.4 is 22.3 Å². The van der Waals surface area contributed by atoms with E-state index in [-0.39, 0.29) is 12.4 Å². The summed E-state index contributed by atoms with van der Waals surface area (Å²) in [5, 5.41) is 2.75. The molecule has 0 spiro atoms. The van der Waals surface area contributed by atoms with Gasteiger partial charge in [-0.05, 0) is 48.9 Å². The number of amides is 1. The average molecular weight is 431 g/mol. The summed E-state index contributed by atoms with van der Waals surface area (Å²) < 4.78 is 0. The van der Waals surface area contributed by atoms with E-state index >= 15 is 0 Å². The van der Waals surface area contributed by atoms with Crippen molar-refractivity contribution in [1.82, 2.24) is 5.32 Å². The maximum atomic E-state index is 12.8. The third-order valence-corrected chi connectivity index (χ3v) is 4.58.